The predicted molar refractivity (Wildman–Crippen MR) is 96.8 cm³/mol. The van der Waals surface area contributed by atoms with Gasteiger partial charge >= 0.3 is 12.1 Å². The second-order valence-electron chi connectivity index (χ2n) is 6.22. The molecule has 0 unspecified atom stereocenters. The van der Waals surface area contributed by atoms with Crippen LogP contribution in [0.5, 0.6) is 0 Å². The largest absolute Gasteiger partial charge is 0.490 e. The minimum Gasteiger partial charge on any atom is -0.475 e. The number of rotatable bonds is 5. The zero-order valence-corrected chi connectivity index (χ0v) is 15.4. The Morgan fingerprint density at radius 2 is 1.93 bits per heavy atom. The van der Waals surface area contributed by atoms with E-state index in [0.29, 0.717) is 0 Å². The zero-order valence-electron chi connectivity index (χ0n) is 15.4. The van der Waals surface area contributed by atoms with Crippen LogP contribution in [0.2, 0.25) is 0 Å². The number of para-hydroxylation sites is 1. The van der Waals surface area contributed by atoms with Gasteiger partial charge in [0.25, 0.3) is 0 Å². The Kier molecular flexibility index (Phi) is 7.82. The molecule has 3 rings (SSSR count). The molecule has 7 nitrogen and oxygen atoms in total. The lowest BCUT2D eigenvalue weighted by molar-refractivity contribution is -0.192. The Balaban J connectivity index is 0.000000345. The van der Waals surface area contributed by atoms with Crippen LogP contribution in [0.15, 0.2) is 36.7 Å². The zero-order chi connectivity index (χ0) is 20.6. The van der Waals surface area contributed by atoms with Gasteiger partial charge < -0.3 is 15.2 Å². The van der Waals surface area contributed by atoms with E-state index in [0.717, 1.165) is 39.4 Å². The lowest BCUT2D eigenvalue weighted by Crippen LogP contribution is -2.35. The monoisotopic (exact) mass is 400 g/mol. The summed E-state index contributed by atoms with van der Waals surface area (Å²) in [5, 5.41) is 14.8. The number of anilines is 1. The van der Waals surface area contributed by atoms with E-state index in [1.807, 2.05) is 24.1 Å². The van der Waals surface area contributed by atoms with Crippen LogP contribution >= 0.6 is 0 Å². The van der Waals surface area contributed by atoms with Crippen molar-refractivity contribution in [1.82, 2.24) is 14.7 Å². The van der Waals surface area contributed by atoms with Gasteiger partial charge in [0.1, 0.15) is 0 Å². The number of halogens is 3. The van der Waals surface area contributed by atoms with Crippen molar-refractivity contribution < 1.29 is 27.8 Å². The standard InChI is InChI=1S/C16H22N4O.C2HF3O2/c1-19-12-14(11-18-19)10-17-16-5-3-2-4-15(16)13-20-6-8-21-9-7-20;3-2(4,5)1(6)7/h2-5,11-12,17H,6-10,13H2,1H3;(H,6,7). The van der Waals surface area contributed by atoms with Crippen LogP contribution in [-0.2, 0) is 29.7 Å². The maximum atomic E-state index is 10.6. The molecular formula is C18H23F3N4O3. The lowest BCUT2D eigenvalue weighted by Gasteiger charge is -2.27. The maximum Gasteiger partial charge on any atom is 0.490 e. The number of nitrogens with one attached hydrogen (secondary N) is 1. The number of carboxylic acids is 1. The molecule has 1 aliphatic rings. The fourth-order valence-electron chi connectivity index (χ4n) is 2.59. The average molecular weight is 400 g/mol. The van der Waals surface area contributed by atoms with Crippen LogP contribution in [-0.4, -0.2) is 58.2 Å². The van der Waals surface area contributed by atoms with Gasteiger partial charge in [-0.15, -0.1) is 0 Å². The first-order valence-corrected chi connectivity index (χ1v) is 8.65. The lowest BCUT2D eigenvalue weighted by atomic mass is 10.1. The smallest absolute Gasteiger partial charge is 0.475 e. The number of aryl methyl sites for hydroxylation is 1. The number of hydrogen-bond donors (Lipinski definition) is 2. The van der Waals surface area contributed by atoms with Gasteiger partial charge in [0, 0.05) is 50.7 Å². The van der Waals surface area contributed by atoms with Crippen molar-refractivity contribution in [3.8, 4) is 0 Å². The SMILES string of the molecule is Cn1cc(CNc2ccccc2CN2CCOCC2)cn1.O=C(O)C(F)(F)F. The van der Waals surface area contributed by atoms with Gasteiger partial charge in [-0.2, -0.15) is 18.3 Å². The summed E-state index contributed by atoms with van der Waals surface area (Å²) in [5.41, 5.74) is 3.73. The summed E-state index contributed by atoms with van der Waals surface area (Å²) in [6.45, 7) is 5.47. The molecule has 0 amide bonds. The third-order valence-corrected chi connectivity index (χ3v) is 4.00. The summed E-state index contributed by atoms with van der Waals surface area (Å²) in [6.07, 6.45) is -1.14. The maximum absolute atomic E-state index is 10.6. The van der Waals surface area contributed by atoms with E-state index in [-0.39, 0.29) is 0 Å². The molecule has 10 heteroatoms. The molecule has 1 aliphatic heterocycles. The molecule has 1 saturated heterocycles. The number of alkyl halides is 3. The van der Waals surface area contributed by atoms with Crippen molar-refractivity contribution >= 4 is 11.7 Å². The summed E-state index contributed by atoms with van der Waals surface area (Å²) in [7, 11) is 1.94. The first-order valence-electron chi connectivity index (χ1n) is 8.65. The van der Waals surface area contributed by atoms with E-state index in [1.165, 1.54) is 16.8 Å². The van der Waals surface area contributed by atoms with Gasteiger partial charge in [-0.3, -0.25) is 9.58 Å². The molecule has 2 heterocycles. The number of nitrogens with zero attached hydrogens (tertiary/aromatic N) is 3. The Bertz CT molecular complexity index is 759. The van der Waals surface area contributed by atoms with Crippen molar-refractivity contribution in [2.45, 2.75) is 19.3 Å². The second kappa shape index (κ2) is 10.1. The number of benzene rings is 1. The number of carboxylic acid groups (broad SMARTS) is 1. The number of ether oxygens (including phenoxy) is 1. The molecule has 2 aromatic rings. The summed E-state index contributed by atoms with van der Waals surface area (Å²) < 4.78 is 39.0. The summed E-state index contributed by atoms with van der Waals surface area (Å²) in [4.78, 5) is 11.3. The number of morpholine rings is 1. The summed E-state index contributed by atoms with van der Waals surface area (Å²) >= 11 is 0. The molecule has 1 aromatic carbocycles. The summed E-state index contributed by atoms with van der Waals surface area (Å²) in [5.74, 6) is -2.76. The summed E-state index contributed by atoms with van der Waals surface area (Å²) in [6, 6.07) is 8.52. The molecule has 28 heavy (non-hydrogen) atoms. The van der Waals surface area contributed by atoms with Gasteiger partial charge in [-0.25, -0.2) is 4.79 Å². The van der Waals surface area contributed by atoms with Crippen molar-refractivity contribution in [1.29, 1.82) is 0 Å². The Hall–Kier alpha value is -2.59. The van der Waals surface area contributed by atoms with Crippen molar-refractivity contribution in [3.63, 3.8) is 0 Å². The highest BCUT2D eigenvalue weighted by Crippen LogP contribution is 2.18. The van der Waals surface area contributed by atoms with Crippen LogP contribution in [0.25, 0.3) is 0 Å². The highest BCUT2D eigenvalue weighted by Gasteiger charge is 2.38. The minimum atomic E-state index is -5.08. The molecule has 0 saturated carbocycles. The molecular weight excluding hydrogens is 377 g/mol. The Labute approximate surface area is 160 Å². The molecule has 2 N–H and O–H groups in total. The molecule has 0 bridgehead atoms. The molecule has 1 aromatic heterocycles. The van der Waals surface area contributed by atoms with Gasteiger partial charge in [0.05, 0.1) is 19.4 Å². The Morgan fingerprint density at radius 3 is 2.50 bits per heavy atom. The molecule has 0 atom stereocenters. The highest BCUT2D eigenvalue weighted by atomic mass is 19.4. The van der Waals surface area contributed by atoms with E-state index < -0.39 is 12.1 Å². The van der Waals surface area contributed by atoms with Crippen LogP contribution in [0, 0.1) is 0 Å². The van der Waals surface area contributed by atoms with Crippen LogP contribution in [0.1, 0.15) is 11.1 Å². The van der Waals surface area contributed by atoms with E-state index in [2.05, 4.69) is 39.6 Å². The van der Waals surface area contributed by atoms with Gasteiger partial charge in [0.2, 0.25) is 0 Å². The predicted octanol–water partition coefficient (Wildman–Crippen LogP) is 2.50. The fraction of sp³-hybridized carbons (Fsp3) is 0.444. The van der Waals surface area contributed by atoms with Crippen molar-refractivity contribution in [2.24, 2.45) is 7.05 Å². The van der Waals surface area contributed by atoms with Gasteiger partial charge in [-0.05, 0) is 11.6 Å². The van der Waals surface area contributed by atoms with Crippen LogP contribution < -0.4 is 5.32 Å². The third kappa shape index (κ3) is 7.20. The third-order valence-electron chi connectivity index (χ3n) is 4.00. The Morgan fingerprint density at radius 1 is 1.29 bits per heavy atom. The van der Waals surface area contributed by atoms with E-state index in [4.69, 9.17) is 14.6 Å². The molecule has 0 radical (unpaired) electrons. The number of hydrogen-bond acceptors (Lipinski definition) is 5. The van der Waals surface area contributed by atoms with Crippen molar-refractivity contribution in [3.05, 3.63) is 47.8 Å². The van der Waals surface area contributed by atoms with Crippen LogP contribution in [0.3, 0.4) is 0 Å². The second-order valence-corrected chi connectivity index (χ2v) is 6.22. The van der Waals surface area contributed by atoms with Crippen LogP contribution in [0.4, 0.5) is 18.9 Å². The first-order chi connectivity index (χ1) is 13.3. The normalized spacial score (nSPS) is 14.9. The quantitative estimate of drug-likeness (QED) is 0.803. The first kappa shape index (κ1) is 21.7. The molecule has 0 aliphatic carbocycles. The van der Waals surface area contributed by atoms with Gasteiger partial charge in [0.15, 0.2) is 0 Å². The minimum absolute atomic E-state index is 0.800. The highest BCUT2D eigenvalue weighted by molar-refractivity contribution is 5.73. The van der Waals surface area contributed by atoms with E-state index in [1.54, 1.807) is 0 Å². The van der Waals surface area contributed by atoms with Crippen molar-refractivity contribution in [2.75, 3.05) is 31.6 Å². The van der Waals surface area contributed by atoms with Gasteiger partial charge in [-0.1, -0.05) is 18.2 Å². The molecule has 1 fully saturated rings. The number of carbonyl (C=O) groups is 1. The van der Waals surface area contributed by atoms with E-state index >= 15 is 0 Å². The molecule has 0 spiro atoms. The topological polar surface area (TPSA) is 79.6 Å². The molecule has 154 valence electrons. The van der Waals surface area contributed by atoms with E-state index in [9.17, 15) is 13.2 Å². The number of aromatic nitrogens is 2. The fourth-order valence-corrected chi connectivity index (χ4v) is 2.59. The average Bonchev–Trinajstić information content (AvgIpc) is 3.07. The number of aliphatic carboxylic acids is 1.